The lowest BCUT2D eigenvalue weighted by atomic mass is 10.0. The Hall–Kier alpha value is -3.19. The second kappa shape index (κ2) is 7.67. The van der Waals surface area contributed by atoms with Crippen molar-refractivity contribution < 1.29 is 13.9 Å². The highest BCUT2D eigenvalue weighted by molar-refractivity contribution is 6.30. The summed E-state index contributed by atoms with van der Waals surface area (Å²) < 4.78 is 19.2. The molecule has 3 aromatic rings. The third-order valence-electron chi connectivity index (χ3n) is 4.77. The zero-order chi connectivity index (χ0) is 20.5. The van der Waals surface area contributed by atoms with Gasteiger partial charge in [0.05, 0.1) is 24.0 Å². The summed E-state index contributed by atoms with van der Waals surface area (Å²) in [6, 6.07) is 7.27. The van der Waals surface area contributed by atoms with E-state index in [2.05, 4.69) is 15.3 Å². The van der Waals surface area contributed by atoms with Crippen molar-refractivity contribution in [2.24, 2.45) is 0 Å². The van der Waals surface area contributed by atoms with E-state index in [1.165, 1.54) is 37.7 Å². The van der Waals surface area contributed by atoms with Gasteiger partial charge in [0.15, 0.2) is 0 Å². The van der Waals surface area contributed by atoms with E-state index in [0.717, 1.165) is 12.8 Å². The molecule has 148 valence electrons. The molecule has 0 unspecified atom stereocenters. The average molecular weight is 414 g/mol. The van der Waals surface area contributed by atoms with Crippen LogP contribution in [0.1, 0.15) is 34.8 Å². The fourth-order valence-electron chi connectivity index (χ4n) is 3.17. The van der Waals surface area contributed by atoms with Crippen LogP contribution < -0.4 is 10.9 Å². The van der Waals surface area contributed by atoms with Crippen molar-refractivity contribution in [3.8, 4) is 11.1 Å². The third-order valence-corrected chi connectivity index (χ3v) is 5.01. The van der Waals surface area contributed by atoms with Crippen molar-refractivity contribution in [2.45, 2.75) is 18.8 Å². The Labute approximate surface area is 170 Å². The number of benzene rings is 1. The van der Waals surface area contributed by atoms with Crippen LogP contribution in [0.15, 0.2) is 47.5 Å². The molecule has 1 aliphatic rings. The molecule has 0 radical (unpaired) electrons. The van der Waals surface area contributed by atoms with Gasteiger partial charge in [-0.15, -0.1) is 0 Å². The van der Waals surface area contributed by atoms with E-state index in [0.29, 0.717) is 22.1 Å². The molecule has 0 atom stereocenters. The summed E-state index contributed by atoms with van der Waals surface area (Å²) in [4.78, 5) is 31.6. The van der Waals surface area contributed by atoms with Crippen LogP contribution in [-0.2, 0) is 4.74 Å². The number of rotatable bonds is 5. The van der Waals surface area contributed by atoms with Crippen LogP contribution in [0.4, 0.5) is 15.8 Å². The SMILES string of the molecule is COC(=O)c1cnccc1Nc1cc(-c2cc(Cl)ccc2F)c(=O)[nH]c1C1CC1. The van der Waals surface area contributed by atoms with E-state index >= 15 is 0 Å². The smallest absolute Gasteiger partial charge is 0.341 e. The quantitative estimate of drug-likeness (QED) is 0.595. The molecule has 2 heterocycles. The molecular weight excluding hydrogens is 397 g/mol. The van der Waals surface area contributed by atoms with Gasteiger partial charge in [0, 0.05) is 34.6 Å². The Morgan fingerprint density at radius 3 is 2.76 bits per heavy atom. The highest BCUT2D eigenvalue weighted by Gasteiger charge is 2.29. The van der Waals surface area contributed by atoms with Crippen molar-refractivity contribution in [1.82, 2.24) is 9.97 Å². The minimum absolute atomic E-state index is 0.104. The molecular formula is C21H17ClFN3O3. The standard InChI is InChI=1S/C21H17ClFN3O3/c1-29-21(28)15-10-24-7-6-17(15)25-18-9-14(13-8-12(22)4-5-16(13)23)20(27)26-19(18)11-2-3-11/h4-11H,2-3H2,1H3,(H,24,25)(H,26,27). The molecule has 0 aliphatic heterocycles. The summed E-state index contributed by atoms with van der Waals surface area (Å²) in [6.07, 6.45) is 4.81. The first-order valence-electron chi connectivity index (χ1n) is 9.00. The molecule has 1 aliphatic carbocycles. The number of hydrogen-bond acceptors (Lipinski definition) is 5. The molecule has 2 N–H and O–H groups in total. The number of ether oxygens (including phenoxy) is 1. The normalized spacial score (nSPS) is 13.2. The molecule has 0 amide bonds. The number of aromatic amines is 1. The van der Waals surface area contributed by atoms with Crippen LogP contribution in [0.5, 0.6) is 0 Å². The third kappa shape index (κ3) is 3.86. The number of carbonyl (C=O) groups is 1. The molecule has 1 aromatic carbocycles. The Morgan fingerprint density at radius 2 is 2.03 bits per heavy atom. The van der Waals surface area contributed by atoms with Crippen LogP contribution in [-0.4, -0.2) is 23.0 Å². The van der Waals surface area contributed by atoms with Gasteiger partial charge in [-0.25, -0.2) is 9.18 Å². The van der Waals surface area contributed by atoms with Crippen molar-refractivity contribution in [3.63, 3.8) is 0 Å². The molecule has 6 nitrogen and oxygen atoms in total. The summed E-state index contributed by atoms with van der Waals surface area (Å²) in [5, 5.41) is 3.51. The molecule has 8 heteroatoms. The number of pyridine rings is 2. The molecule has 29 heavy (non-hydrogen) atoms. The van der Waals surface area contributed by atoms with E-state index in [4.69, 9.17) is 16.3 Å². The van der Waals surface area contributed by atoms with Crippen molar-refractivity contribution >= 4 is 28.9 Å². The van der Waals surface area contributed by atoms with Gasteiger partial charge in [0.1, 0.15) is 11.4 Å². The zero-order valence-corrected chi connectivity index (χ0v) is 16.2. The van der Waals surface area contributed by atoms with E-state index < -0.39 is 17.3 Å². The van der Waals surface area contributed by atoms with Gasteiger partial charge in [-0.2, -0.15) is 0 Å². The van der Waals surface area contributed by atoms with Gasteiger partial charge in [-0.05, 0) is 43.2 Å². The Morgan fingerprint density at radius 1 is 1.24 bits per heavy atom. The number of nitrogens with zero attached hydrogens (tertiary/aromatic N) is 1. The van der Waals surface area contributed by atoms with Gasteiger partial charge in [-0.3, -0.25) is 9.78 Å². The second-order valence-electron chi connectivity index (χ2n) is 6.78. The van der Waals surface area contributed by atoms with Crippen molar-refractivity contribution in [1.29, 1.82) is 0 Å². The highest BCUT2D eigenvalue weighted by Crippen LogP contribution is 2.43. The predicted molar refractivity (Wildman–Crippen MR) is 108 cm³/mol. The highest BCUT2D eigenvalue weighted by atomic mass is 35.5. The number of aromatic nitrogens is 2. The summed E-state index contributed by atoms with van der Waals surface area (Å²) in [7, 11) is 1.29. The first kappa shape index (κ1) is 19.1. The maximum atomic E-state index is 14.4. The number of halogens is 2. The van der Waals surface area contributed by atoms with E-state index in [9.17, 15) is 14.0 Å². The van der Waals surface area contributed by atoms with Crippen LogP contribution in [0.2, 0.25) is 5.02 Å². The minimum atomic E-state index is -0.552. The second-order valence-corrected chi connectivity index (χ2v) is 7.21. The van der Waals surface area contributed by atoms with Crippen LogP contribution in [0.3, 0.4) is 0 Å². The maximum Gasteiger partial charge on any atom is 0.341 e. The van der Waals surface area contributed by atoms with Crippen LogP contribution >= 0.6 is 11.6 Å². The van der Waals surface area contributed by atoms with Crippen molar-refractivity contribution in [3.05, 3.63) is 75.2 Å². The molecule has 1 saturated carbocycles. The Kier molecular flexibility index (Phi) is 5.07. The zero-order valence-electron chi connectivity index (χ0n) is 15.5. The fourth-order valence-corrected chi connectivity index (χ4v) is 3.34. The van der Waals surface area contributed by atoms with Gasteiger partial charge >= 0.3 is 5.97 Å². The Bertz CT molecular complexity index is 1160. The number of esters is 1. The number of carbonyl (C=O) groups excluding carboxylic acids is 1. The number of anilines is 2. The topological polar surface area (TPSA) is 84.1 Å². The van der Waals surface area contributed by atoms with Gasteiger partial charge in [0.2, 0.25) is 0 Å². The van der Waals surface area contributed by atoms with E-state index in [1.807, 2.05) is 0 Å². The van der Waals surface area contributed by atoms with Crippen molar-refractivity contribution in [2.75, 3.05) is 12.4 Å². The maximum absolute atomic E-state index is 14.4. The monoisotopic (exact) mass is 413 g/mol. The number of H-pyrrole nitrogens is 1. The first-order valence-corrected chi connectivity index (χ1v) is 9.37. The average Bonchev–Trinajstić information content (AvgIpc) is 3.56. The molecule has 0 bridgehead atoms. The Balaban J connectivity index is 1.84. The summed E-state index contributed by atoms with van der Waals surface area (Å²) in [6.45, 7) is 0. The lowest BCUT2D eigenvalue weighted by Crippen LogP contribution is -2.15. The lowest BCUT2D eigenvalue weighted by Gasteiger charge is -2.15. The summed E-state index contributed by atoms with van der Waals surface area (Å²) in [5.74, 6) is -0.893. The number of nitrogens with one attached hydrogen (secondary N) is 2. The molecule has 1 fully saturated rings. The van der Waals surface area contributed by atoms with Gasteiger partial charge in [0.25, 0.3) is 5.56 Å². The molecule has 0 saturated heterocycles. The fraction of sp³-hybridized carbons (Fsp3) is 0.190. The van der Waals surface area contributed by atoms with Gasteiger partial charge in [-0.1, -0.05) is 11.6 Å². The van der Waals surface area contributed by atoms with Crippen LogP contribution in [0, 0.1) is 5.82 Å². The predicted octanol–water partition coefficient (Wildman–Crippen LogP) is 4.64. The molecule has 2 aromatic heterocycles. The largest absolute Gasteiger partial charge is 0.465 e. The summed E-state index contributed by atoms with van der Waals surface area (Å²) >= 11 is 6.00. The van der Waals surface area contributed by atoms with E-state index in [-0.39, 0.29) is 22.6 Å². The van der Waals surface area contributed by atoms with Gasteiger partial charge < -0.3 is 15.0 Å². The van der Waals surface area contributed by atoms with Crippen LogP contribution in [0.25, 0.3) is 11.1 Å². The summed E-state index contributed by atoms with van der Waals surface area (Å²) in [5.41, 5.74) is 1.86. The molecule has 0 spiro atoms. The first-order chi connectivity index (χ1) is 14.0. The molecule has 4 rings (SSSR count). The van der Waals surface area contributed by atoms with E-state index in [1.54, 1.807) is 12.1 Å². The minimum Gasteiger partial charge on any atom is -0.465 e. The number of hydrogen-bond donors (Lipinski definition) is 2. The lowest BCUT2D eigenvalue weighted by molar-refractivity contribution is 0.0601. The number of methoxy groups -OCH3 is 1.